The molecule has 2 aromatic carbocycles. The number of carbonyl (C=O) groups excluding carboxylic acids is 2. The highest BCUT2D eigenvalue weighted by Crippen LogP contribution is 2.24. The lowest BCUT2D eigenvalue weighted by Crippen LogP contribution is -2.45. The molecule has 0 radical (unpaired) electrons. The van der Waals surface area contributed by atoms with E-state index in [0.717, 1.165) is 5.56 Å². The van der Waals surface area contributed by atoms with Gasteiger partial charge in [-0.3, -0.25) is 14.9 Å². The summed E-state index contributed by atoms with van der Waals surface area (Å²) < 4.78 is 0. The second kappa shape index (κ2) is 8.72. The van der Waals surface area contributed by atoms with E-state index in [1.54, 1.807) is 24.0 Å². The molecule has 3 amide bonds. The molecule has 0 saturated carbocycles. The Morgan fingerprint density at radius 1 is 1.10 bits per heavy atom. The van der Waals surface area contributed by atoms with Gasteiger partial charge in [-0.2, -0.15) is 0 Å². The monoisotopic (exact) mass is 396 g/mol. The van der Waals surface area contributed by atoms with Crippen molar-refractivity contribution in [1.29, 1.82) is 0 Å². The number of nitrogens with zero attached hydrogens (tertiary/aromatic N) is 2. The summed E-state index contributed by atoms with van der Waals surface area (Å²) in [6, 6.07) is 11.9. The average Bonchev–Trinajstić information content (AvgIpc) is 2.69. The van der Waals surface area contributed by atoms with Crippen molar-refractivity contribution >= 4 is 29.0 Å². The summed E-state index contributed by atoms with van der Waals surface area (Å²) in [6.07, 6.45) is 1.38. The quantitative estimate of drug-likeness (QED) is 0.600. The zero-order valence-corrected chi connectivity index (χ0v) is 16.5. The first-order valence-electron chi connectivity index (χ1n) is 9.52. The number of hydrogen-bond donors (Lipinski definition) is 2. The van der Waals surface area contributed by atoms with Crippen molar-refractivity contribution in [2.75, 3.05) is 23.7 Å². The lowest BCUT2D eigenvalue weighted by Gasteiger charge is -2.32. The predicted octanol–water partition coefficient (Wildman–Crippen LogP) is 4.09. The number of urea groups is 1. The number of amides is 3. The molecule has 1 saturated heterocycles. The number of benzene rings is 2. The maximum absolute atomic E-state index is 12.7. The fraction of sp³-hybridized carbons (Fsp3) is 0.333. The van der Waals surface area contributed by atoms with Crippen molar-refractivity contribution in [1.82, 2.24) is 4.90 Å². The van der Waals surface area contributed by atoms with E-state index in [0.29, 0.717) is 42.9 Å². The number of nitro benzene ring substituents is 1. The molecule has 0 bridgehead atoms. The SMILES string of the molecule is Cc1cccc(NC(=O)N2CCCC(C(=O)Nc3ccc(C)c([N+](=O)[O-])c3)C2)c1. The number of aryl methyl sites for hydroxylation is 2. The molecule has 8 heteroatoms. The van der Waals surface area contributed by atoms with Gasteiger partial charge in [0.25, 0.3) is 5.69 Å². The molecule has 0 aromatic heterocycles. The summed E-state index contributed by atoms with van der Waals surface area (Å²) in [7, 11) is 0. The molecule has 2 aromatic rings. The molecule has 3 rings (SSSR count). The molecule has 1 atom stereocenters. The van der Waals surface area contributed by atoms with Gasteiger partial charge in [-0.05, 0) is 50.5 Å². The molecule has 0 spiro atoms. The third-order valence-corrected chi connectivity index (χ3v) is 5.02. The van der Waals surface area contributed by atoms with E-state index in [1.807, 2.05) is 31.2 Å². The van der Waals surface area contributed by atoms with Gasteiger partial charge in [0.15, 0.2) is 0 Å². The van der Waals surface area contributed by atoms with Gasteiger partial charge in [0.05, 0.1) is 10.8 Å². The van der Waals surface area contributed by atoms with Crippen LogP contribution in [-0.2, 0) is 4.79 Å². The Balaban J connectivity index is 1.62. The van der Waals surface area contributed by atoms with Crippen molar-refractivity contribution in [2.45, 2.75) is 26.7 Å². The summed E-state index contributed by atoms with van der Waals surface area (Å²) >= 11 is 0. The van der Waals surface area contributed by atoms with Crippen molar-refractivity contribution in [3.63, 3.8) is 0 Å². The number of likely N-dealkylation sites (tertiary alicyclic amines) is 1. The minimum Gasteiger partial charge on any atom is -0.326 e. The van der Waals surface area contributed by atoms with Crippen LogP contribution in [0.25, 0.3) is 0 Å². The Hall–Kier alpha value is -3.42. The van der Waals surface area contributed by atoms with Crippen LogP contribution in [-0.4, -0.2) is 34.9 Å². The second-order valence-electron chi connectivity index (χ2n) is 7.33. The molecule has 1 aliphatic rings. The third-order valence-electron chi connectivity index (χ3n) is 5.02. The molecule has 2 N–H and O–H groups in total. The van der Waals surface area contributed by atoms with Crippen LogP contribution < -0.4 is 10.6 Å². The number of piperidine rings is 1. The fourth-order valence-corrected chi connectivity index (χ4v) is 3.43. The molecule has 29 heavy (non-hydrogen) atoms. The first-order chi connectivity index (χ1) is 13.8. The van der Waals surface area contributed by atoms with Gasteiger partial charge in [-0.25, -0.2) is 4.79 Å². The summed E-state index contributed by atoms with van der Waals surface area (Å²) in [4.78, 5) is 37.5. The Morgan fingerprint density at radius 2 is 1.86 bits per heavy atom. The zero-order chi connectivity index (χ0) is 21.0. The average molecular weight is 396 g/mol. The van der Waals surface area contributed by atoms with E-state index in [1.165, 1.54) is 6.07 Å². The molecular weight excluding hydrogens is 372 g/mol. The van der Waals surface area contributed by atoms with Crippen LogP contribution >= 0.6 is 0 Å². The van der Waals surface area contributed by atoms with E-state index < -0.39 is 4.92 Å². The lowest BCUT2D eigenvalue weighted by atomic mass is 9.97. The highest BCUT2D eigenvalue weighted by Gasteiger charge is 2.29. The van der Waals surface area contributed by atoms with Crippen molar-refractivity contribution < 1.29 is 14.5 Å². The summed E-state index contributed by atoms with van der Waals surface area (Å²) in [5, 5.41) is 16.7. The van der Waals surface area contributed by atoms with E-state index in [9.17, 15) is 19.7 Å². The number of anilines is 2. The van der Waals surface area contributed by atoms with E-state index in [-0.39, 0.29) is 23.5 Å². The highest BCUT2D eigenvalue weighted by atomic mass is 16.6. The van der Waals surface area contributed by atoms with Crippen LogP contribution in [0.2, 0.25) is 0 Å². The number of nitrogens with one attached hydrogen (secondary N) is 2. The van der Waals surface area contributed by atoms with Gasteiger partial charge < -0.3 is 15.5 Å². The van der Waals surface area contributed by atoms with Gasteiger partial charge >= 0.3 is 6.03 Å². The number of rotatable bonds is 4. The van der Waals surface area contributed by atoms with E-state index in [4.69, 9.17) is 0 Å². The standard InChI is InChI=1S/C21H24N4O4/c1-14-5-3-7-17(11-14)23-21(27)24-10-4-6-16(13-24)20(26)22-18-9-8-15(2)19(12-18)25(28)29/h3,5,7-9,11-12,16H,4,6,10,13H2,1-2H3,(H,22,26)(H,23,27). The molecule has 1 heterocycles. The zero-order valence-electron chi connectivity index (χ0n) is 16.5. The maximum Gasteiger partial charge on any atom is 0.321 e. The van der Waals surface area contributed by atoms with Gasteiger partial charge in [-0.1, -0.05) is 18.2 Å². The van der Waals surface area contributed by atoms with Crippen molar-refractivity contribution in [3.05, 3.63) is 63.7 Å². The first kappa shape index (κ1) is 20.3. The molecular formula is C21H24N4O4. The van der Waals surface area contributed by atoms with Crippen LogP contribution in [0, 0.1) is 29.9 Å². The maximum atomic E-state index is 12.7. The van der Waals surface area contributed by atoms with Gasteiger partial charge in [-0.15, -0.1) is 0 Å². The fourth-order valence-electron chi connectivity index (χ4n) is 3.43. The lowest BCUT2D eigenvalue weighted by molar-refractivity contribution is -0.385. The predicted molar refractivity (Wildman–Crippen MR) is 111 cm³/mol. The molecule has 152 valence electrons. The first-order valence-corrected chi connectivity index (χ1v) is 9.52. The normalized spacial score (nSPS) is 16.2. The van der Waals surface area contributed by atoms with Gasteiger partial charge in [0.1, 0.15) is 0 Å². The van der Waals surface area contributed by atoms with Crippen molar-refractivity contribution in [2.24, 2.45) is 5.92 Å². The van der Waals surface area contributed by atoms with Gasteiger partial charge in [0, 0.05) is 36.1 Å². The topological polar surface area (TPSA) is 105 Å². The number of nitro groups is 1. The molecule has 0 aliphatic carbocycles. The summed E-state index contributed by atoms with van der Waals surface area (Å²) in [5.41, 5.74) is 2.64. The smallest absolute Gasteiger partial charge is 0.321 e. The Kier molecular flexibility index (Phi) is 6.11. The molecule has 8 nitrogen and oxygen atoms in total. The molecule has 1 aliphatic heterocycles. The van der Waals surface area contributed by atoms with E-state index in [2.05, 4.69) is 10.6 Å². The van der Waals surface area contributed by atoms with Crippen LogP contribution in [0.4, 0.5) is 21.9 Å². The second-order valence-corrected chi connectivity index (χ2v) is 7.33. The van der Waals surface area contributed by atoms with Crippen LogP contribution in [0.1, 0.15) is 24.0 Å². The molecule has 1 fully saturated rings. The number of hydrogen-bond acceptors (Lipinski definition) is 4. The minimum atomic E-state index is -0.469. The summed E-state index contributed by atoms with van der Waals surface area (Å²) in [6.45, 7) is 4.48. The Bertz CT molecular complexity index is 944. The summed E-state index contributed by atoms with van der Waals surface area (Å²) in [5.74, 6) is -0.608. The Morgan fingerprint density at radius 3 is 2.59 bits per heavy atom. The number of carbonyl (C=O) groups is 2. The van der Waals surface area contributed by atoms with Crippen LogP contribution in [0.3, 0.4) is 0 Å². The van der Waals surface area contributed by atoms with Crippen LogP contribution in [0.15, 0.2) is 42.5 Å². The van der Waals surface area contributed by atoms with Crippen LogP contribution in [0.5, 0.6) is 0 Å². The van der Waals surface area contributed by atoms with Gasteiger partial charge in [0.2, 0.25) is 5.91 Å². The largest absolute Gasteiger partial charge is 0.326 e. The van der Waals surface area contributed by atoms with E-state index >= 15 is 0 Å². The Labute approximate surface area is 169 Å². The minimum absolute atomic E-state index is 0.0365. The van der Waals surface area contributed by atoms with Crippen molar-refractivity contribution in [3.8, 4) is 0 Å². The third kappa shape index (κ3) is 5.10. The highest BCUT2D eigenvalue weighted by molar-refractivity contribution is 5.94. The molecule has 1 unspecified atom stereocenters.